The number of nitrogens with one attached hydrogen (secondary N) is 1. The molecule has 1 fully saturated rings. The van der Waals surface area contributed by atoms with Crippen molar-refractivity contribution in [2.75, 3.05) is 31.6 Å². The van der Waals surface area contributed by atoms with Crippen molar-refractivity contribution in [2.24, 2.45) is 10.9 Å². The summed E-state index contributed by atoms with van der Waals surface area (Å²) in [6.45, 7) is 2.21. The van der Waals surface area contributed by atoms with Crippen LogP contribution in [0.2, 0.25) is 0 Å². The van der Waals surface area contributed by atoms with Gasteiger partial charge in [0.25, 0.3) is 0 Å². The third-order valence-corrected chi connectivity index (χ3v) is 3.29. The van der Waals surface area contributed by atoms with E-state index in [9.17, 15) is 4.79 Å². The van der Waals surface area contributed by atoms with Crippen molar-refractivity contribution in [1.29, 1.82) is 0 Å². The maximum atomic E-state index is 11.4. The highest BCUT2D eigenvalue weighted by Gasteiger charge is 2.20. The Morgan fingerprint density at radius 2 is 2.24 bits per heavy atom. The number of thioether (sulfide) groups is 1. The van der Waals surface area contributed by atoms with Gasteiger partial charge in [-0.2, -0.15) is 11.8 Å². The van der Waals surface area contributed by atoms with Crippen molar-refractivity contribution < 1.29 is 10.0 Å². The Bertz CT molecular complexity index is 277. The summed E-state index contributed by atoms with van der Waals surface area (Å²) in [5.74, 6) is 0.854. The van der Waals surface area contributed by atoms with Crippen LogP contribution in [0.3, 0.4) is 0 Å². The van der Waals surface area contributed by atoms with Crippen molar-refractivity contribution in [3.05, 3.63) is 0 Å². The predicted octanol–water partition coefficient (Wildman–Crippen LogP) is -0.324. The molecule has 1 heterocycles. The van der Waals surface area contributed by atoms with Crippen LogP contribution in [0.4, 0.5) is 0 Å². The maximum absolute atomic E-state index is 11.4. The molecule has 0 atom stereocenters. The second kappa shape index (κ2) is 7.39. The second-order valence-corrected chi connectivity index (χ2v) is 5.01. The Kier molecular flexibility index (Phi) is 6.13. The van der Waals surface area contributed by atoms with E-state index in [0.29, 0.717) is 12.3 Å². The minimum Gasteiger partial charge on any atom is -0.409 e. The van der Waals surface area contributed by atoms with E-state index in [1.165, 1.54) is 11.8 Å². The standard InChI is InChI=1S/C10H20N4O2S/c1-17-7-10(15)12-8-2-4-14(5-3-8)6-9(11)13-16/h8,16H,2-7H2,1H3,(H2,11,13)(H,12,15). The monoisotopic (exact) mass is 260 g/mol. The Morgan fingerprint density at radius 1 is 1.59 bits per heavy atom. The number of carbonyl (C=O) groups is 1. The molecule has 1 aliphatic rings. The van der Waals surface area contributed by atoms with Gasteiger partial charge in [0.15, 0.2) is 5.84 Å². The molecule has 1 amide bonds. The van der Waals surface area contributed by atoms with Crippen molar-refractivity contribution >= 4 is 23.5 Å². The number of nitrogens with two attached hydrogens (primary N) is 1. The largest absolute Gasteiger partial charge is 0.409 e. The fourth-order valence-corrected chi connectivity index (χ4v) is 2.24. The summed E-state index contributed by atoms with van der Waals surface area (Å²) in [6, 6.07) is 0.262. The van der Waals surface area contributed by atoms with Gasteiger partial charge in [0.1, 0.15) is 0 Å². The highest BCUT2D eigenvalue weighted by Crippen LogP contribution is 2.10. The van der Waals surface area contributed by atoms with E-state index in [-0.39, 0.29) is 17.8 Å². The number of hydrogen-bond acceptors (Lipinski definition) is 5. The van der Waals surface area contributed by atoms with E-state index in [2.05, 4.69) is 15.4 Å². The van der Waals surface area contributed by atoms with Gasteiger partial charge in [0.05, 0.1) is 12.3 Å². The predicted molar refractivity (Wildman–Crippen MR) is 69.4 cm³/mol. The number of oxime groups is 1. The number of amidine groups is 1. The van der Waals surface area contributed by atoms with Crippen LogP contribution in [0.15, 0.2) is 5.16 Å². The third kappa shape index (κ3) is 5.27. The van der Waals surface area contributed by atoms with Gasteiger partial charge < -0.3 is 16.3 Å². The molecule has 1 saturated heterocycles. The summed E-state index contributed by atoms with van der Waals surface area (Å²) in [4.78, 5) is 13.5. The van der Waals surface area contributed by atoms with Crippen LogP contribution in [0.1, 0.15) is 12.8 Å². The van der Waals surface area contributed by atoms with Crippen LogP contribution >= 0.6 is 11.8 Å². The first-order chi connectivity index (χ1) is 8.15. The summed E-state index contributed by atoms with van der Waals surface area (Å²) >= 11 is 1.53. The molecule has 0 radical (unpaired) electrons. The number of amides is 1. The molecule has 1 rings (SSSR count). The highest BCUT2D eigenvalue weighted by atomic mass is 32.2. The summed E-state index contributed by atoms with van der Waals surface area (Å²) in [7, 11) is 0. The quantitative estimate of drug-likeness (QED) is 0.273. The van der Waals surface area contributed by atoms with E-state index in [1.807, 2.05) is 6.26 Å². The van der Waals surface area contributed by atoms with E-state index in [0.717, 1.165) is 25.9 Å². The molecule has 1 aliphatic heterocycles. The SMILES string of the molecule is CSCC(=O)NC1CCN(CC(N)=NO)CC1. The Balaban J connectivity index is 2.24. The summed E-state index contributed by atoms with van der Waals surface area (Å²) in [5, 5.41) is 14.4. The third-order valence-electron chi connectivity index (χ3n) is 2.74. The normalized spacial score (nSPS) is 19.2. The topological polar surface area (TPSA) is 91.0 Å². The minimum atomic E-state index is 0.104. The number of piperidine rings is 1. The van der Waals surface area contributed by atoms with Crippen LogP contribution in [-0.2, 0) is 4.79 Å². The van der Waals surface area contributed by atoms with Gasteiger partial charge in [0, 0.05) is 19.1 Å². The first kappa shape index (κ1) is 14.1. The fraction of sp³-hybridized carbons (Fsp3) is 0.800. The van der Waals surface area contributed by atoms with Gasteiger partial charge in [-0.15, -0.1) is 0 Å². The van der Waals surface area contributed by atoms with Gasteiger partial charge >= 0.3 is 0 Å². The molecule has 0 spiro atoms. The molecule has 6 nitrogen and oxygen atoms in total. The number of rotatable bonds is 5. The molecular weight excluding hydrogens is 240 g/mol. The maximum Gasteiger partial charge on any atom is 0.230 e. The van der Waals surface area contributed by atoms with Gasteiger partial charge in [0.2, 0.25) is 5.91 Å². The van der Waals surface area contributed by atoms with Crippen molar-refractivity contribution in [1.82, 2.24) is 10.2 Å². The van der Waals surface area contributed by atoms with Crippen LogP contribution in [-0.4, -0.2) is 59.5 Å². The molecule has 4 N–H and O–H groups in total. The fourth-order valence-electron chi connectivity index (χ4n) is 1.90. The molecule has 0 aromatic carbocycles. The van der Waals surface area contributed by atoms with Crippen LogP contribution in [0.25, 0.3) is 0 Å². The van der Waals surface area contributed by atoms with Gasteiger partial charge in [-0.05, 0) is 19.1 Å². The smallest absolute Gasteiger partial charge is 0.230 e. The Labute approximate surface area is 106 Å². The lowest BCUT2D eigenvalue weighted by Crippen LogP contribution is -2.47. The number of carbonyl (C=O) groups excluding carboxylic acids is 1. The Hall–Kier alpha value is -0.950. The zero-order chi connectivity index (χ0) is 12.7. The van der Waals surface area contributed by atoms with Crippen molar-refractivity contribution in [2.45, 2.75) is 18.9 Å². The molecule has 0 aromatic heterocycles. The summed E-state index contributed by atoms with van der Waals surface area (Å²) in [5.41, 5.74) is 5.44. The van der Waals surface area contributed by atoms with Crippen LogP contribution in [0, 0.1) is 0 Å². The second-order valence-electron chi connectivity index (χ2n) is 4.14. The van der Waals surface area contributed by atoms with E-state index in [1.54, 1.807) is 0 Å². The zero-order valence-corrected chi connectivity index (χ0v) is 10.9. The number of nitrogens with zero attached hydrogens (tertiary/aromatic N) is 2. The molecule has 0 bridgehead atoms. The van der Waals surface area contributed by atoms with Gasteiger partial charge in [-0.3, -0.25) is 9.69 Å². The molecular formula is C10H20N4O2S. The molecule has 17 heavy (non-hydrogen) atoms. The average Bonchev–Trinajstić information content (AvgIpc) is 2.32. The molecule has 0 saturated carbocycles. The highest BCUT2D eigenvalue weighted by molar-refractivity contribution is 7.99. The van der Waals surface area contributed by atoms with Crippen LogP contribution < -0.4 is 11.1 Å². The van der Waals surface area contributed by atoms with Gasteiger partial charge in [-0.25, -0.2) is 0 Å². The number of hydrogen-bond donors (Lipinski definition) is 3. The average molecular weight is 260 g/mol. The van der Waals surface area contributed by atoms with E-state index >= 15 is 0 Å². The molecule has 98 valence electrons. The van der Waals surface area contributed by atoms with Gasteiger partial charge in [-0.1, -0.05) is 5.16 Å². The summed E-state index contributed by atoms with van der Waals surface area (Å²) < 4.78 is 0. The van der Waals surface area contributed by atoms with Crippen LogP contribution in [0.5, 0.6) is 0 Å². The molecule has 0 aliphatic carbocycles. The lowest BCUT2D eigenvalue weighted by Gasteiger charge is -2.31. The Morgan fingerprint density at radius 3 is 2.76 bits per heavy atom. The molecule has 0 unspecified atom stereocenters. The first-order valence-corrected chi connectivity index (χ1v) is 7.02. The van der Waals surface area contributed by atoms with E-state index in [4.69, 9.17) is 10.9 Å². The van der Waals surface area contributed by atoms with Crippen molar-refractivity contribution in [3.8, 4) is 0 Å². The molecule has 7 heteroatoms. The summed E-state index contributed by atoms with van der Waals surface area (Å²) in [6.07, 6.45) is 3.75. The van der Waals surface area contributed by atoms with Crippen molar-refractivity contribution in [3.63, 3.8) is 0 Å². The number of likely N-dealkylation sites (tertiary alicyclic amines) is 1. The molecule has 0 aromatic rings. The van der Waals surface area contributed by atoms with E-state index < -0.39 is 0 Å². The lowest BCUT2D eigenvalue weighted by atomic mass is 10.1. The lowest BCUT2D eigenvalue weighted by molar-refractivity contribution is -0.119. The zero-order valence-electron chi connectivity index (χ0n) is 10.1. The minimum absolute atomic E-state index is 0.104. The first-order valence-electron chi connectivity index (χ1n) is 5.62.